The van der Waals surface area contributed by atoms with Gasteiger partial charge in [-0.3, -0.25) is 0 Å². The number of nitrogen functional groups attached to an aromatic ring is 1. The van der Waals surface area contributed by atoms with E-state index in [2.05, 4.69) is 32.1 Å². The van der Waals surface area contributed by atoms with Crippen molar-refractivity contribution in [3.8, 4) is 17.7 Å². The third-order valence-corrected chi connectivity index (χ3v) is 4.92. The maximum Gasteiger partial charge on any atom is 0.223 e. The summed E-state index contributed by atoms with van der Waals surface area (Å²) in [4.78, 5) is 12.1. The lowest BCUT2D eigenvalue weighted by Crippen LogP contribution is -2.48. The molecule has 0 saturated heterocycles. The molecule has 1 aliphatic rings. The molecule has 29 heavy (non-hydrogen) atoms. The molecule has 0 spiro atoms. The van der Waals surface area contributed by atoms with E-state index in [1.165, 1.54) is 0 Å². The zero-order chi connectivity index (χ0) is 21.0. The lowest BCUT2D eigenvalue weighted by molar-refractivity contribution is -0.0545. The van der Waals surface area contributed by atoms with Gasteiger partial charge in [0.15, 0.2) is 16.7 Å². The molecule has 2 aromatic heterocycles. The van der Waals surface area contributed by atoms with Gasteiger partial charge in [-0.05, 0) is 25.8 Å². The number of nitrogens with zero attached hydrogens (tertiary/aromatic N) is 3. The lowest BCUT2D eigenvalue weighted by Gasteiger charge is -2.30. The minimum absolute atomic E-state index is 0.00110. The number of anilines is 2. The van der Waals surface area contributed by atoms with Crippen LogP contribution in [0.2, 0.25) is 5.15 Å². The molecule has 10 heteroatoms. The summed E-state index contributed by atoms with van der Waals surface area (Å²) in [7, 11) is 0. The Morgan fingerprint density at radius 3 is 2.79 bits per heavy atom. The highest BCUT2D eigenvalue weighted by Crippen LogP contribution is 2.36. The average molecular weight is 420 g/mol. The first-order valence-corrected chi connectivity index (χ1v) is 9.47. The van der Waals surface area contributed by atoms with E-state index < -0.39 is 17.7 Å². The first-order valence-electron chi connectivity index (χ1n) is 9.09. The number of aliphatic hydroxyl groups is 3. The molecule has 1 aliphatic carbocycles. The van der Waals surface area contributed by atoms with E-state index >= 15 is 0 Å². The van der Waals surface area contributed by atoms with Crippen molar-refractivity contribution in [1.82, 2.24) is 15.0 Å². The van der Waals surface area contributed by atoms with E-state index in [0.29, 0.717) is 24.5 Å². The second kappa shape index (κ2) is 8.80. The Morgan fingerprint density at radius 2 is 2.17 bits per heavy atom. The van der Waals surface area contributed by atoms with Gasteiger partial charge in [0.25, 0.3) is 0 Å². The van der Waals surface area contributed by atoms with Gasteiger partial charge in [-0.25, -0.2) is 4.98 Å². The van der Waals surface area contributed by atoms with E-state index in [1.54, 1.807) is 18.3 Å². The van der Waals surface area contributed by atoms with E-state index in [9.17, 15) is 15.3 Å². The van der Waals surface area contributed by atoms with Crippen molar-refractivity contribution in [3.05, 3.63) is 34.6 Å². The van der Waals surface area contributed by atoms with Crippen molar-refractivity contribution < 1.29 is 20.1 Å². The van der Waals surface area contributed by atoms with Gasteiger partial charge in [-0.1, -0.05) is 23.4 Å². The van der Waals surface area contributed by atoms with Crippen LogP contribution >= 0.6 is 11.6 Å². The number of halogens is 1. The highest BCUT2D eigenvalue weighted by molar-refractivity contribution is 6.31. The summed E-state index contributed by atoms with van der Waals surface area (Å²) in [5.74, 6) is 5.78. The third-order valence-electron chi connectivity index (χ3n) is 4.64. The predicted octanol–water partition coefficient (Wildman–Crippen LogP) is 0.769. The molecule has 0 amide bonds. The van der Waals surface area contributed by atoms with Gasteiger partial charge in [0.1, 0.15) is 11.7 Å². The largest absolute Gasteiger partial charge is 0.478 e. The number of hydrogen-bond acceptors (Lipinski definition) is 9. The Bertz CT molecular complexity index is 931. The van der Waals surface area contributed by atoms with Crippen molar-refractivity contribution in [2.45, 2.75) is 31.6 Å². The molecule has 154 valence electrons. The normalized spacial score (nSPS) is 23.3. The molecule has 3 rings (SSSR count). The number of pyridine rings is 1. The highest BCUT2D eigenvalue weighted by atomic mass is 35.5. The molecule has 0 aliphatic heterocycles. The summed E-state index contributed by atoms with van der Waals surface area (Å²) in [6.45, 7) is 2.14. The molecule has 1 saturated carbocycles. The summed E-state index contributed by atoms with van der Waals surface area (Å²) in [6, 6.07) is 3.44. The second-order valence-corrected chi connectivity index (χ2v) is 7.00. The molecular formula is C19H22ClN5O4. The van der Waals surface area contributed by atoms with Crippen LogP contribution in [0.25, 0.3) is 0 Å². The quantitative estimate of drug-likeness (QED) is 0.269. The summed E-state index contributed by atoms with van der Waals surface area (Å²) in [5, 5.41) is 33.3. The van der Waals surface area contributed by atoms with Gasteiger partial charge < -0.3 is 31.1 Å². The number of nitrogens with one attached hydrogen (secondary N) is 1. The second-order valence-electron chi connectivity index (χ2n) is 6.64. The van der Waals surface area contributed by atoms with Gasteiger partial charge >= 0.3 is 0 Å². The Balaban J connectivity index is 1.91. The first kappa shape index (κ1) is 21.1. The fourth-order valence-corrected chi connectivity index (χ4v) is 3.33. The van der Waals surface area contributed by atoms with Crippen LogP contribution in [-0.4, -0.2) is 55.3 Å². The molecule has 3 unspecified atom stereocenters. The Hall–Kier alpha value is -2.64. The summed E-state index contributed by atoms with van der Waals surface area (Å²) in [5.41, 5.74) is 4.80. The monoisotopic (exact) mass is 419 g/mol. The van der Waals surface area contributed by atoms with Crippen molar-refractivity contribution in [3.63, 3.8) is 0 Å². The van der Waals surface area contributed by atoms with Gasteiger partial charge in [0, 0.05) is 30.4 Å². The van der Waals surface area contributed by atoms with Gasteiger partial charge in [0.05, 0.1) is 6.61 Å². The van der Waals surface area contributed by atoms with Crippen molar-refractivity contribution in [2.75, 3.05) is 24.3 Å². The van der Waals surface area contributed by atoms with E-state index in [-0.39, 0.29) is 35.5 Å². The molecular weight excluding hydrogens is 398 g/mol. The van der Waals surface area contributed by atoms with Crippen molar-refractivity contribution in [2.24, 2.45) is 5.92 Å². The first-order chi connectivity index (χ1) is 13.9. The van der Waals surface area contributed by atoms with Crippen molar-refractivity contribution in [1.29, 1.82) is 0 Å². The number of aromatic nitrogens is 3. The molecule has 2 heterocycles. The Labute approximate surface area is 172 Å². The molecule has 0 radical (unpaired) electrons. The average Bonchev–Trinajstić information content (AvgIpc) is 2.96. The van der Waals surface area contributed by atoms with Crippen molar-refractivity contribution >= 4 is 23.4 Å². The standard InChI is InChI=1S/C19H22ClN5O4/c1-2-29-14-6-4-11(9-22-14)3-5-13-16(20)23-18(21)24-17(13)25-19(28)8-7-12(10-26)15(19)27/h4,6,9,12,15,26-28H,2,7-8,10H2,1H3,(H3,21,23,24,25). The SMILES string of the molecule is CCOc1ccc(C#Cc2c(Cl)nc(N)nc2NC2(O)CCC(CO)C2O)cn1. The molecule has 3 atom stereocenters. The molecule has 1 fully saturated rings. The molecule has 0 bridgehead atoms. The van der Waals surface area contributed by atoms with Crippen LogP contribution in [0.3, 0.4) is 0 Å². The van der Waals surface area contributed by atoms with Crippen LogP contribution in [0.15, 0.2) is 18.3 Å². The van der Waals surface area contributed by atoms with Crippen LogP contribution in [0.1, 0.15) is 30.9 Å². The topological polar surface area (TPSA) is 147 Å². The zero-order valence-electron chi connectivity index (χ0n) is 15.8. The Kier molecular flexibility index (Phi) is 6.39. The predicted molar refractivity (Wildman–Crippen MR) is 107 cm³/mol. The molecule has 2 aromatic rings. The van der Waals surface area contributed by atoms with Gasteiger partial charge in [-0.2, -0.15) is 9.97 Å². The molecule has 6 N–H and O–H groups in total. The lowest BCUT2D eigenvalue weighted by atomic mass is 10.0. The molecule has 0 aromatic carbocycles. The molecule has 9 nitrogen and oxygen atoms in total. The fourth-order valence-electron chi connectivity index (χ4n) is 3.11. The summed E-state index contributed by atoms with van der Waals surface area (Å²) >= 11 is 6.20. The van der Waals surface area contributed by atoms with Gasteiger partial charge in [0.2, 0.25) is 11.8 Å². The number of aliphatic hydroxyl groups excluding tert-OH is 2. The zero-order valence-corrected chi connectivity index (χ0v) is 16.5. The van der Waals surface area contributed by atoms with Crippen LogP contribution in [-0.2, 0) is 0 Å². The minimum Gasteiger partial charge on any atom is -0.478 e. The number of rotatable bonds is 5. The summed E-state index contributed by atoms with van der Waals surface area (Å²) < 4.78 is 5.29. The maximum atomic E-state index is 10.8. The fraction of sp³-hybridized carbons (Fsp3) is 0.421. The van der Waals surface area contributed by atoms with Gasteiger partial charge in [-0.15, -0.1) is 0 Å². The number of hydrogen-bond donors (Lipinski definition) is 5. The van der Waals surface area contributed by atoms with Crippen LogP contribution in [0, 0.1) is 17.8 Å². The van der Waals surface area contributed by atoms with E-state index in [0.717, 1.165) is 0 Å². The highest BCUT2D eigenvalue weighted by Gasteiger charge is 2.47. The van der Waals surface area contributed by atoms with E-state index in [1.807, 2.05) is 6.92 Å². The van der Waals surface area contributed by atoms with Crippen LogP contribution in [0.4, 0.5) is 11.8 Å². The Morgan fingerprint density at radius 1 is 1.38 bits per heavy atom. The summed E-state index contributed by atoms with van der Waals surface area (Å²) in [6.07, 6.45) is 1.00. The minimum atomic E-state index is -1.70. The number of ether oxygens (including phenoxy) is 1. The maximum absolute atomic E-state index is 10.8. The van der Waals surface area contributed by atoms with Crippen LogP contribution in [0.5, 0.6) is 5.88 Å². The number of nitrogens with two attached hydrogens (primary N) is 1. The third kappa shape index (κ3) is 4.68. The van der Waals surface area contributed by atoms with E-state index in [4.69, 9.17) is 22.1 Å². The smallest absolute Gasteiger partial charge is 0.223 e. The van der Waals surface area contributed by atoms with Crippen LogP contribution < -0.4 is 15.8 Å².